The van der Waals surface area contributed by atoms with Crippen LogP contribution in [0.1, 0.15) is 25.3 Å². The van der Waals surface area contributed by atoms with Crippen molar-refractivity contribution >= 4 is 0 Å². The summed E-state index contributed by atoms with van der Waals surface area (Å²) in [5.41, 5.74) is 1.31. The van der Waals surface area contributed by atoms with Gasteiger partial charge < -0.3 is 10.1 Å². The van der Waals surface area contributed by atoms with Crippen LogP contribution in [0.2, 0.25) is 0 Å². The monoisotopic (exact) mass is 207 g/mol. The molecule has 0 amide bonds. The largest absolute Gasteiger partial charge is 0.496 e. The van der Waals surface area contributed by atoms with Gasteiger partial charge in [-0.05, 0) is 44.9 Å². The van der Waals surface area contributed by atoms with Crippen LogP contribution in [-0.2, 0) is 6.42 Å². The Kier molecular flexibility index (Phi) is 5.19. The maximum absolute atomic E-state index is 5.31. The third kappa shape index (κ3) is 3.92. The fourth-order valence-electron chi connectivity index (χ4n) is 1.65. The second-order valence-electron chi connectivity index (χ2n) is 3.89. The lowest BCUT2D eigenvalue weighted by Gasteiger charge is -2.11. The van der Waals surface area contributed by atoms with Gasteiger partial charge in [-0.3, -0.25) is 0 Å². The molecule has 15 heavy (non-hydrogen) atoms. The third-order valence-corrected chi connectivity index (χ3v) is 2.77. The number of hydrogen-bond donors (Lipinski definition) is 1. The second-order valence-corrected chi connectivity index (χ2v) is 3.89. The molecule has 0 spiro atoms. The molecule has 2 heteroatoms. The second kappa shape index (κ2) is 6.46. The third-order valence-electron chi connectivity index (χ3n) is 2.77. The van der Waals surface area contributed by atoms with Crippen LogP contribution in [0.5, 0.6) is 5.75 Å². The summed E-state index contributed by atoms with van der Waals surface area (Å²) in [6.45, 7) is 2.21. The molecule has 2 nitrogen and oxygen atoms in total. The van der Waals surface area contributed by atoms with Crippen molar-refractivity contribution in [2.24, 2.45) is 0 Å². The number of aryl methyl sites for hydroxylation is 1. The normalized spacial score (nSPS) is 12.5. The standard InChI is InChI=1S/C13H21NO/c1-11(14-2)7-6-9-12-8-4-5-10-13(12)15-3/h4-5,8,10-11,14H,6-7,9H2,1-3H3. The minimum Gasteiger partial charge on any atom is -0.496 e. The Morgan fingerprint density at radius 3 is 2.73 bits per heavy atom. The number of methoxy groups -OCH3 is 1. The quantitative estimate of drug-likeness (QED) is 0.774. The van der Waals surface area contributed by atoms with Crippen molar-refractivity contribution in [2.45, 2.75) is 32.2 Å². The number of rotatable bonds is 6. The van der Waals surface area contributed by atoms with E-state index in [-0.39, 0.29) is 0 Å². The van der Waals surface area contributed by atoms with Gasteiger partial charge in [0, 0.05) is 6.04 Å². The van der Waals surface area contributed by atoms with Crippen LogP contribution in [0, 0.1) is 0 Å². The van der Waals surface area contributed by atoms with Gasteiger partial charge in [-0.1, -0.05) is 18.2 Å². The van der Waals surface area contributed by atoms with E-state index in [4.69, 9.17) is 4.74 Å². The summed E-state index contributed by atoms with van der Waals surface area (Å²) in [7, 11) is 3.74. The Hall–Kier alpha value is -1.02. The van der Waals surface area contributed by atoms with Crippen LogP contribution in [0.3, 0.4) is 0 Å². The van der Waals surface area contributed by atoms with Gasteiger partial charge in [-0.25, -0.2) is 0 Å². The summed E-state index contributed by atoms with van der Waals surface area (Å²) in [6.07, 6.45) is 3.49. The molecule has 1 atom stereocenters. The van der Waals surface area contributed by atoms with Crippen molar-refractivity contribution in [2.75, 3.05) is 14.2 Å². The minimum absolute atomic E-state index is 0.597. The fourth-order valence-corrected chi connectivity index (χ4v) is 1.65. The van der Waals surface area contributed by atoms with Crippen molar-refractivity contribution in [3.63, 3.8) is 0 Å². The van der Waals surface area contributed by atoms with Gasteiger partial charge in [0.2, 0.25) is 0 Å². The highest BCUT2D eigenvalue weighted by Crippen LogP contribution is 2.19. The van der Waals surface area contributed by atoms with E-state index in [0.29, 0.717) is 6.04 Å². The average molecular weight is 207 g/mol. The van der Waals surface area contributed by atoms with Crippen LogP contribution in [0.15, 0.2) is 24.3 Å². The lowest BCUT2D eigenvalue weighted by Crippen LogP contribution is -2.20. The molecule has 0 bridgehead atoms. The molecule has 0 radical (unpaired) electrons. The van der Waals surface area contributed by atoms with Crippen molar-refractivity contribution in [3.8, 4) is 5.75 Å². The van der Waals surface area contributed by atoms with Crippen LogP contribution in [-0.4, -0.2) is 20.2 Å². The summed E-state index contributed by atoms with van der Waals surface area (Å²) in [6, 6.07) is 8.84. The predicted octanol–water partition coefficient (Wildman–Crippen LogP) is 2.63. The van der Waals surface area contributed by atoms with E-state index in [1.54, 1.807) is 7.11 Å². The maximum Gasteiger partial charge on any atom is 0.122 e. The molecule has 0 heterocycles. The zero-order valence-electron chi connectivity index (χ0n) is 9.92. The Balaban J connectivity index is 2.43. The Bertz CT molecular complexity index is 286. The summed E-state index contributed by atoms with van der Waals surface area (Å²) in [4.78, 5) is 0. The molecule has 0 aliphatic heterocycles. The van der Waals surface area contributed by atoms with Gasteiger partial charge in [0.1, 0.15) is 5.75 Å². The molecule has 0 saturated heterocycles. The van der Waals surface area contributed by atoms with Crippen molar-refractivity contribution in [3.05, 3.63) is 29.8 Å². The van der Waals surface area contributed by atoms with Gasteiger partial charge in [-0.2, -0.15) is 0 Å². The van der Waals surface area contributed by atoms with Gasteiger partial charge >= 0.3 is 0 Å². The highest BCUT2D eigenvalue weighted by atomic mass is 16.5. The zero-order valence-corrected chi connectivity index (χ0v) is 9.92. The summed E-state index contributed by atoms with van der Waals surface area (Å²) in [5, 5.41) is 3.25. The minimum atomic E-state index is 0.597. The van der Waals surface area contributed by atoms with Crippen LogP contribution in [0.25, 0.3) is 0 Å². The van der Waals surface area contributed by atoms with Crippen LogP contribution < -0.4 is 10.1 Å². The van der Waals surface area contributed by atoms with E-state index < -0.39 is 0 Å². The van der Waals surface area contributed by atoms with E-state index >= 15 is 0 Å². The van der Waals surface area contributed by atoms with Gasteiger partial charge in [0.15, 0.2) is 0 Å². The predicted molar refractivity (Wildman–Crippen MR) is 64.5 cm³/mol. The van der Waals surface area contributed by atoms with Crippen molar-refractivity contribution in [1.29, 1.82) is 0 Å². The molecule has 0 aliphatic rings. The Morgan fingerprint density at radius 2 is 2.07 bits per heavy atom. The molecule has 1 unspecified atom stereocenters. The summed E-state index contributed by atoms with van der Waals surface area (Å²) < 4.78 is 5.31. The first-order chi connectivity index (χ1) is 7.27. The topological polar surface area (TPSA) is 21.3 Å². The highest BCUT2D eigenvalue weighted by molar-refractivity contribution is 5.33. The van der Waals surface area contributed by atoms with E-state index in [9.17, 15) is 0 Å². The molecule has 1 aromatic rings. The number of para-hydroxylation sites is 1. The molecule has 84 valence electrons. The van der Waals surface area contributed by atoms with E-state index in [0.717, 1.165) is 12.2 Å². The molecule has 0 aromatic heterocycles. The lowest BCUT2D eigenvalue weighted by molar-refractivity contribution is 0.408. The van der Waals surface area contributed by atoms with Crippen molar-refractivity contribution in [1.82, 2.24) is 5.32 Å². The average Bonchev–Trinajstić information content (AvgIpc) is 2.29. The number of hydrogen-bond acceptors (Lipinski definition) is 2. The number of ether oxygens (including phenoxy) is 1. The summed E-state index contributed by atoms with van der Waals surface area (Å²) in [5.74, 6) is 1.01. The first kappa shape index (κ1) is 12.1. The van der Waals surface area contributed by atoms with Gasteiger partial charge in [0.25, 0.3) is 0 Å². The molecule has 0 fully saturated rings. The van der Waals surface area contributed by atoms with Gasteiger partial charge in [0.05, 0.1) is 7.11 Å². The zero-order chi connectivity index (χ0) is 11.1. The van der Waals surface area contributed by atoms with Crippen LogP contribution >= 0.6 is 0 Å². The molecule has 1 rings (SSSR count). The number of benzene rings is 1. The van der Waals surface area contributed by atoms with E-state index in [1.165, 1.54) is 18.4 Å². The Morgan fingerprint density at radius 1 is 1.33 bits per heavy atom. The molecule has 1 N–H and O–H groups in total. The molecule has 1 aromatic carbocycles. The Labute approximate surface area is 92.6 Å². The molecular formula is C13H21NO. The first-order valence-corrected chi connectivity index (χ1v) is 5.57. The molecular weight excluding hydrogens is 186 g/mol. The van der Waals surface area contributed by atoms with E-state index in [2.05, 4.69) is 24.4 Å². The summed E-state index contributed by atoms with van der Waals surface area (Å²) >= 11 is 0. The van der Waals surface area contributed by atoms with Gasteiger partial charge in [-0.15, -0.1) is 0 Å². The lowest BCUT2D eigenvalue weighted by atomic mass is 10.0. The highest BCUT2D eigenvalue weighted by Gasteiger charge is 2.02. The smallest absolute Gasteiger partial charge is 0.122 e. The molecule has 0 aliphatic carbocycles. The van der Waals surface area contributed by atoms with Crippen LogP contribution in [0.4, 0.5) is 0 Å². The van der Waals surface area contributed by atoms with Crippen molar-refractivity contribution < 1.29 is 4.74 Å². The first-order valence-electron chi connectivity index (χ1n) is 5.57. The SMILES string of the molecule is CNC(C)CCCc1ccccc1OC. The molecule has 0 saturated carbocycles. The maximum atomic E-state index is 5.31. The van der Waals surface area contributed by atoms with E-state index in [1.807, 2.05) is 19.2 Å². The fraction of sp³-hybridized carbons (Fsp3) is 0.538. The number of nitrogens with one attached hydrogen (secondary N) is 1.